The minimum absolute atomic E-state index is 0.176. The predicted molar refractivity (Wildman–Crippen MR) is 77.4 cm³/mol. The highest BCUT2D eigenvalue weighted by atomic mass is 35.5. The summed E-state index contributed by atoms with van der Waals surface area (Å²) in [7, 11) is 3.00. The number of methoxy groups -OCH3 is 2. The highest BCUT2D eigenvalue weighted by molar-refractivity contribution is 6.34. The third-order valence-electron chi connectivity index (χ3n) is 2.51. The van der Waals surface area contributed by atoms with E-state index in [0.717, 1.165) is 0 Å². The molecule has 0 saturated heterocycles. The molecule has 7 heteroatoms. The van der Waals surface area contributed by atoms with Crippen molar-refractivity contribution in [3.63, 3.8) is 0 Å². The molecule has 1 amide bonds. The molecule has 20 heavy (non-hydrogen) atoms. The fraction of sp³-hybridized carbons (Fsp3) is 0.462. The average Bonchev–Trinajstić information content (AvgIpc) is 2.41. The topological polar surface area (TPSA) is 56.8 Å². The first-order chi connectivity index (χ1) is 9.47. The Balaban J connectivity index is 2.49. The van der Waals surface area contributed by atoms with Gasteiger partial charge in [0.05, 0.1) is 11.1 Å². The van der Waals surface area contributed by atoms with Crippen molar-refractivity contribution in [3.05, 3.63) is 28.2 Å². The van der Waals surface area contributed by atoms with Crippen molar-refractivity contribution in [3.8, 4) is 5.75 Å². The molecular formula is C13H17Cl2NO4. The number of carbonyl (C=O) groups excluding carboxylic acids is 1. The summed E-state index contributed by atoms with van der Waals surface area (Å²) in [5.41, 5.74) is 0. The molecule has 1 aromatic carbocycles. The van der Waals surface area contributed by atoms with E-state index in [1.807, 2.05) is 0 Å². The van der Waals surface area contributed by atoms with Gasteiger partial charge in [0.25, 0.3) is 5.91 Å². The Morgan fingerprint density at radius 3 is 2.55 bits per heavy atom. The van der Waals surface area contributed by atoms with Crippen LogP contribution in [0.3, 0.4) is 0 Å². The monoisotopic (exact) mass is 321 g/mol. The summed E-state index contributed by atoms with van der Waals surface area (Å²) >= 11 is 11.7. The van der Waals surface area contributed by atoms with Crippen molar-refractivity contribution in [1.29, 1.82) is 0 Å². The highest BCUT2D eigenvalue weighted by Crippen LogP contribution is 2.27. The average molecular weight is 322 g/mol. The number of ether oxygens (including phenoxy) is 3. The maximum absolute atomic E-state index is 11.7. The molecule has 0 bridgehead atoms. The zero-order valence-electron chi connectivity index (χ0n) is 11.5. The molecule has 0 fully saturated rings. The van der Waals surface area contributed by atoms with Gasteiger partial charge in [-0.05, 0) is 19.1 Å². The van der Waals surface area contributed by atoms with E-state index in [1.165, 1.54) is 14.2 Å². The Kier molecular flexibility index (Phi) is 7.09. The van der Waals surface area contributed by atoms with Crippen LogP contribution in [0.15, 0.2) is 18.2 Å². The second-order valence-corrected chi connectivity index (χ2v) is 4.90. The van der Waals surface area contributed by atoms with Crippen molar-refractivity contribution in [2.45, 2.75) is 19.3 Å². The molecule has 1 aromatic rings. The van der Waals surface area contributed by atoms with Crippen molar-refractivity contribution in [2.24, 2.45) is 0 Å². The Labute approximate surface area is 128 Å². The van der Waals surface area contributed by atoms with Crippen LogP contribution in [-0.4, -0.2) is 39.1 Å². The van der Waals surface area contributed by atoms with Gasteiger partial charge < -0.3 is 19.5 Å². The standard InChI is InChI=1S/C13H17Cl2NO4/c1-8(13(18-2)19-3)16-12(17)7-20-11-6-9(14)4-5-10(11)15/h4-6,8,13H,7H2,1-3H3,(H,16,17)/t8-/m0/s1. The predicted octanol–water partition coefficient (Wildman–Crippen LogP) is 2.50. The number of amides is 1. The summed E-state index contributed by atoms with van der Waals surface area (Å²) in [6.07, 6.45) is -0.520. The third-order valence-corrected chi connectivity index (χ3v) is 3.06. The van der Waals surface area contributed by atoms with Gasteiger partial charge in [-0.25, -0.2) is 0 Å². The van der Waals surface area contributed by atoms with Crippen LogP contribution in [0, 0.1) is 0 Å². The van der Waals surface area contributed by atoms with Crippen molar-refractivity contribution < 1.29 is 19.0 Å². The first-order valence-electron chi connectivity index (χ1n) is 5.90. The lowest BCUT2D eigenvalue weighted by Crippen LogP contribution is -2.44. The smallest absolute Gasteiger partial charge is 0.258 e. The molecule has 0 saturated carbocycles. The fourth-order valence-corrected chi connectivity index (χ4v) is 1.93. The van der Waals surface area contributed by atoms with E-state index >= 15 is 0 Å². The Hall–Kier alpha value is -1.01. The summed E-state index contributed by atoms with van der Waals surface area (Å²) in [6.45, 7) is 1.59. The minimum Gasteiger partial charge on any atom is -0.482 e. The molecule has 0 aromatic heterocycles. The van der Waals surface area contributed by atoms with Crippen LogP contribution in [0.4, 0.5) is 0 Å². The van der Waals surface area contributed by atoms with Crippen LogP contribution in [0.25, 0.3) is 0 Å². The van der Waals surface area contributed by atoms with Gasteiger partial charge in [0.2, 0.25) is 0 Å². The number of carbonyl (C=O) groups is 1. The van der Waals surface area contributed by atoms with E-state index in [9.17, 15) is 4.79 Å². The van der Waals surface area contributed by atoms with Crippen LogP contribution in [0.5, 0.6) is 5.75 Å². The molecular weight excluding hydrogens is 305 g/mol. The van der Waals surface area contributed by atoms with Crippen molar-refractivity contribution >= 4 is 29.1 Å². The lowest BCUT2D eigenvalue weighted by atomic mass is 10.3. The van der Waals surface area contributed by atoms with Crippen LogP contribution in [0.2, 0.25) is 10.0 Å². The Morgan fingerprint density at radius 2 is 1.95 bits per heavy atom. The van der Waals surface area contributed by atoms with E-state index in [4.69, 9.17) is 37.4 Å². The zero-order valence-corrected chi connectivity index (χ0v) is 13.0. The lowest BCUT2D eigenvalue weighted by Gasteiger charge is -2.22. The van der Waals surface area contributed by atoms with Crippen molar-refractivity contribution in [1.82, 2.24) is 5.32 Å². The van der Waals surface area contributed by atoms with Gasteiger partial charge in [-0.1, -0.05) is 23.2 Å². The molecule has 0 aliphatic rings. The number of benzene rings is 1. The molecule has 1 atom stereocenters. The molecule has 0 heterocycles. The summed E-state index contributed by atoms with van der Waals surface area (Å²) < 4.78 is 15.4. The molecule has 0 radical (unpaired) electrons. The van der Waals surface area contributed by atoms with Gasteiger partial charge in [-0.2, -0.15) is 0 Å². The van der Waals surface area contributed by atoms with Gasteiger partial charge >= 0.3 is 0 Å². The minimum atomic E-state index is -0.520. The maximum atomic E-state index is 11.7. The van der Waals surface area contributed by atoms with E-state index in [2.05, 4.69) is 5.32 Å². The van der Waals surface area contributed by atoms with Gasteiger partial charge in [0.1, 0.15) is 5.75 Å². The summed E-state index contributed by atoms with van der Waals surface area (Å²) in [5.74, 6) is 0.0460. The van der Waals surface area contributed by atoms with Gasteiger partial charge in [-0.3, -0.25) is 4.79 Å². The van der Waals surface area contributed by atoms with Crippen LogP contribution < -0.4 is 10.1 Å². The number of hydrogen-bond donors (Lipinski definition) is 1. The van der Waals surface area contributed by atoms with Gasteiger partial charge in [-0.15, -0.1) is 0 Å². The van der Waals surface area contributed by atoms with Crippen LogP contribution >= 0.6 is 23.2 Å². The summed E-state index contributed by atoms with van der Waals surface area (Å²) in [4.78, 5) is 11.7. The molecule has 0 spiro atoms. The van der Waals surface area contributed by atoms with Crippen LogP contribution in [-0.2, 0) is 14.3 Å². The molecule has 0 aliphatic carbocycles. The normalized spacial score (nSPS) is 12.3. The molecule has 0 unspecified atom stereocenters. The molecule has 5 nitrogen and oxygen atoms in total. The number of nitrogens with one attached hydrogen (secondary N) is 1. The van der Waals surface area contributed by atoms with E-state index < -0.39 is 6.29 Å². The first-order valence-corrected chi connectivity index (χ1v) is 6.66. The van der Waals surface area contributed by atoms with Gasteiger partial charge in [0.15, 0.2) is 12.9 Å². The largest absolute Gasteiger partial charge is 0.482 e. The quantitative estimate of drug-likeness (QED) is 0.784. The zero-order chi connectivity index (χ0) is 15.1. The number of rotatable bonds is 7. The Bertz CT molecular complexity index is 452. The molecule has 1 N–H and O–H groups in total. The molecule has 112 valence electrons. The number of hydrogen-bond acceptors (Lipinski definition) is 4. The molecule has 0 aliphatic heterocycles. The number of halogens is 2. The Morgan fingerprint density at radius 1 is 1.30 bits per heavy atom. The van der Waals surface area contributed by atoms with E-state index in [-0.39, 0.29) is 18.6 Å². The second kappa shape index (κ2) is 8.32. The SMILES string of the molecule is COC(OC)[C@H](C)NC(=O)COc1cc(Cl)ccc1Cl. The summed E-state index contributed by atoms with van der Waals surface area (Å²) in [5, 5.41) is 3.57. The first kappa shape index (κ1) is 17.0. The lowest BCUT2D eigenvalue weighted by molar-refractivity contribution is -0.137. The van der Waals surface area contributed by atoms with E-state index in [1.54, 1.807) is 25.1 Å². The highest BCUT2D eigenvalue weighted by Gasteiger charge is 2.18. The summed E-state index contributed by atoms with van der Waals surface area (Å²) in [6, 6.07) is 4.48. The fourth-order valence-electron chi connectivity index (χ4n) is 1.60. The van der Waals surface area contributed by atoms with E-state index in [0.29, 0.717) is 15.8 Å². The maximum Gasteiger partial charge on any atom is 0.258 e. The van der Waals surface area contributed by atoms with Crippen LogP contribution in [0.1, 0.15) is 6.92 Å². The third kappa shape index (κ3) is 5.17. The van der Waals surface area contributed by atoms with Crippen molar-refractivity contribution in [2.75, 3.05) is 20.8 Å². The second-order valence-electron chi connectivity index (χ2n) is 4.06. The molecule has 1 rings (SSSR count). The van der Waals surface area contributed by atoms with Gasteiger partial charge in [0, 0.05) is 25.3 Å².